The molecule has 1 saturated heterocycles. The summed E-state index contributed by atoms with van der Waals surface area (Å²) in [5.41, 5.74) is 0.503. The molecule has 1 aliphatic rings. The average Bonchev–Trinajstić information content (AvgIpc) is 3.03. The molecule has 1 aliphatic heterocycles. The summed E-state index contributed by atoms with van der Waals surface area (Å²) < 4.78 is 32.2. The second-order valence-electron chi connectivity index (χ2n) is 7.02. The van der Waals surface area contributed by atoms with Crippen LogP contribution in [0.1, 0.15) is 36.0 Å². The summed E-state index contributed by atoms with van der Waals surface area (Å²) in [6.45, 7) is 0.459. The Bertz CT molecular complexity index is 996. The number of sulfonamides is 1. The third-order valence-corrected chi connectivity index (χ3v) is 6.65. The molecule has 30 heavy (non-hydrogen) atoms. The van der Waals surface area contributed by atoms with Gasteiger partial charge in [0.15, 0.2) is 6.61 Å². The molecule has 8 nitrogen and oxygen atoms in total. The smallest absolute Gasteiger partial charge is 0.338 e. The Morgan fingerprint density at radius 2 is 1.67 bits per heavy atom. The lowest BCUT2D eigenvalue weighted by molar-refractivity contribution is -0.119. The summed E-state index contributed by atoms with van der Waals surface area (Å²) in [7, 11) is -3.63. The lowest BCUT2D eigenvalue weighted by Gasteiger charge is -2.20. The number of hydrogen-bond donors (Lipinski definition) is 2. The number of ether oxygens (including phenoxy) is 1. The first-order chi connectivity index (χ1) is 14.4. The molecule has 160 valence electrons. The van der Waals surface area contributed by atoms with E-state index in [-0.39, 0.29) is 16.2 Å². The summed E-state index contributed by atoms with van der Waals surface area (Å²) >= 11 is 0. The van der Waals surface area contributed by atoms with Gasteiger partial charge < -0.3 is 15.2 Å². The van der Waals surface area contributed by atoms with Crippen molar-refractivity contribution in [2.75, 3.05) is 25.0 Å². The minimum atomic E-state index is -3.63. The number of nitrogens with one attached hydrogen (secondary N) is 1. The number of phenols is 1. The Morgan fingerprint density at radius 1 is 1.00 bits per heavy atom. The van der Waals surface area contributed by atoms with Gasteiger partial charge >= 0.3 is 5.97 Å². The molecule has 0 radical (unpaired) electrons. The average molecular weight is 432 g/mol. The third kappa shape index (κ3) is 5.58. The normalized spacial score (nSPS) is 15.2. The first-order valence-electron chi connectivity index (χ1n) is 9.72. The zero-order chi connectivity index (χ0) is 21.6. The maximum atomic E-state index is 12.9. The number of benzene rings is 2. The van der Waals surface area contributed by atoms with Gasteiger partial charge in [-0.3, -0.25) is 4.79 Å². The van der Waals surface area contributed by atoms with Crippen molar-refractivity contribution in [1.82, 2.24) is 4.31 Å². The zero-order valence-electron chi connectivity index (χ0n) is 16.4. The molecule has 2 aromatic rings. The van der Waals surface area contributed by atoms with E-state index in [1.54, 1.807) is 12.1 Å². The molecule has 0 spiro atoms. The van der Waals surface area contributed by atoms with Crippen LogP contribution in [0.3, 0.4) is 0 Å². The Balaban J connectivity index is 1.61. The first-order valence-corrected chi connectivity index (χ1v) is 11.2. The van der Waals surface area contributed by atoms with Gasteiger partial charge in [0, 0.05) is 18.8 Å². The SMILES string of the molecule is O=C(COC(=O)c1ccc(O)cc1)Nc1cccc(S(=O)(=O)N2CCCCCC2)c1. The van der Waals surface area contributed by atoms with Gasteiger partial charge in [0.05, 0.1) is 10.5 Å². The second-order valence-corrected chi connectivity index (χ2v) is 8.96. The number of amides is 1. The van der Waals surface area contributed by atoms with Crippen LogP contribution in [0.15, 0.2) is 53.4 Å². The van der Waals surface area contributed by atoms with E-state index in [1.807, 2.05) is 0 Å². The van der Waals surface area contributed by atoms with Gasteiger partial charge in [-0.15, -0.1) is 0 Å². The zero-order valence-corrected chi connectivity index (χ0v) is 17.2. The van der Waals surface area contributed by atoms with Crippen LogP contribution in [0.2, 0.25) is 0 Å². The molecule has 0 bridgehead atoms. The number of hydrogen-bond acceptors (Lipinski definition) is 6. The Hall–Kier alpha value is -2.91. The number of carbonyl (C=O) groups is 2. The van der Waals surface area contributed by atoms with Crippen LogP contribution in [0, 0.1) is 0 Å². The summed E-state index contributed by atoms with van der Waals surface area (Å²) in [5.74, 6) is -1.28. The summed E-state index contributed by atoms with van der Waals surface area (Å²) in [5, 5.41) is 11.8. The van der Waals surface area contributed by atoms with Gasteiger partial charge in [0.1, 0.15) is 5.75 Å². The van der Waals surface area contributed by atoms with Crippen molar-refractivity contribution in [3.63, 3.8) is 0 Å². The predicted octanol–water partition coefficient (Wildman–Crippen LogP) is 2.75. The van der Waals surface area contributed by atoms with Crippen molar-refractivity contribution in [2.45, 2.75) is 30.6 Å². The van der Waals surface area contributed by atoms with Gasteiger partial charge in [-0.2, -0.15) is 4.31 Å². The Morgan fingerprint density at radius 3 is 2.33 bits per heavy atom. The van der Waals surface area contributed by atoms with E-state index >= 15 is 0 Å². The third-order valence-electron chi connectivity index (χ3n) is 4.76. The number of anilines is 1. The minimum absolute atomic E-state index is 0.0132. The van der Waals surface area contributed by atoms with E-state index in [0.717, 1.165) is 25.7 Å². The molecule has 1 amide bonds. The fourth-order valence-corrected chi connectivity index (χ4v) is 4.74. The van der Waals surface area contributed by atoms with Gasteiger partial charge in [0.25, 0.3) is 5.91 Å². The number of esters is 1. The van der Waals surface area contributed by atoms with Crippen molar-refractivity contribution in [1.29, 1.82) is 0 Å². The molecular formula is C21H24N2O6S. The molecule has 1 fully saturated rings. The number of nitrogens with zero attached hydrogens (tertiary/aromatic N) is 1. The highest BCUT2D eigenvalue weighted by Gasteiger charge is 2.25. The fraction of sp³-hybridized carbons (Fsp3) is 0.333. The number of phenolic OH excluding ortho intramolecular Hbond substituents is 1. The van der Waals surface area contributed by atoms with Crippen LogP contribution < -0.4 is 5.32 Å². The molecule has 0 aromatic heterocycles. The standard InChI is InChI=1S/C21H24N2O6S/c24-18-10-8-16(9-11-18)21(26)29-15-20(25)22-17-6-5-7-19(14-17)30(27,28)23-12-3-1-2-4-13-23/h5-11,14,24H,1-4,12-13,15H2,(H,22,25). The molecule has 0 aliphatic carbocycles. The van der Waals surface area contributed by atoms with Crippen LogP contribution in [0.5, 0.6) is 5.75 Å². The topological polar surface area (TPSA) is 113 Å². The number of rotatable bonds is 6. The predicted molar refractivity (Wildman–Crippen MR) is 111 cm³/mol. The van der Waals surface area contributed by atoms with Crippen LogP contribution in [-0.2, 0) is 19.6 Å². The van der Waals surface area contributed by atoms with Crippen molar-refractivity contribution >= 4 is 27.6 Å². The van der Waals surface area contributed by atoms with Crippen molar-refractivity contribution in [3.05, 3.63) is 54.1 Å². The molecule has 3 rings (SSSR count). The van der Waals surface area contributed by atoms with Gasteiger partial charge in [-0.1, -0.05) is 18.9 Å². The highest BCUT2D eigenvalue weighted by atomic mass is 32.2. The molecule has 9 heteroatoms. The van der Waals surface area contributed by atoms with Gasteiger partial charge in [-0.25, -0.2) is 13.2 Å². The molecule has 2 aromatic carbocycles. The van der Waals surface area contributed by atoms with Crippen LogP contribution in [0.4, 0.5) is 5.69 Å². The second kappa shape index (κ2) is 9.73. The molecule has 0 atom stereocenters. The lowest BCUT2D eigenvalue weighted by atomic mass is 10.2. The summed E-state index contributed by atoms with van der Waals surface area (Å²) in [4.78, 5) is 24.2. The van der Waals surface area contributed by atoms with Crippen LogP contribution >= 0.6 is 0 Å². The highest BCUT2D eigenvalue weighted by molar-refractivity contribution is 7.89. The maximum absolute atomic E-state index is 12.9. The maximum Gasteiger partial charge on any atom is 0.338 e. The minimum Gasteiger partial charge on any atom is -0.508 e. The van der Waals surface area contributed by atoms with E-state index < -0.39 is 28.5 Å². The van der Waals surface area contributed by atoms with E-state index in [9.17, 15) is 23.1 Å². The van der Waals surface area contributed by atoms with E-state index in [1.165, 1.54) is 40.7 Å². The van der Waals surface area contributed by atoms with Crippen molar-refractivity contribution in [2.24, 2.45) is 0 Å². The van der Waals surface area contributed by atoms with E-state index in [0.29, 0.717) is 18.8 Å². The molecular weight excluding hydrogens is 408 g/mol. The van der Waals surface area contributed by atoms with Crippen LogP contribution in [0.25, 0.3) is 0 Å². The monoisotopic (exact) mass is 432 g/mol. The van der Waals surface area contributed by atoms with Crippen molar-refractivity contribution in [3.8, 4) is 5.75 Å². The van der Waals surface area contributed by atoms with Gasteiger partial charge in [0.2, 0.25) is 10.0 Å². The Labute approximate surface area is 175 Å². The van der Waals surface area contributed by atoms with E-state index in [2.05, 4.69) is 5.32 Å². The molecule has 1 heterocycles. The summed E-state index contributed by atoms with van der Waals surface area (Å²) in [6.07, 6.45) is 3.71. The quantitative estimate of drug-likeness (QED) is 0.679. The molecule has 0 unspecified atom stereocenters. The number of aromatic hydroxyl groups is 1. The Kier molecular flexibility index (Phi) is 7.07. The van der Waals surface area contributed by atoms with Crippen LogP contribution in [-0.4, -0.2) is 49.4 Å². The van der Waals surface area contributed by atoms with Gasteiger partial charge in [-0.05, 0) is 55.3 Å². The lowest BCUT2D eigenvalue weighted by Crippen LogP contribution is -2.32. The van der Waals surface area contributed by atoms with Crippen molar-refractivity contribution < 1.29 is 27.9 Å². The summed E-state index contributed by atoms with van der Waals surface area (Å²) in [6, 6.07) is 11.5. The molecule has 2 N–H and O–H groups in total. The first kappa shape index (κ1) is 21.8. The fourth-order valence-electron chi connectivity index (χ4n) is 3.17. The molecule has 0 saturated carbocycles. The number of carbonyl (C=O) groups excluding carboxylic acids is 2. The largest absolute Gasteiger partial charge is 0.508 e. The van der Waals surface area contributed by atoms with E-state index in [4.69, 9.17) is 4.74 Å². The highest BCUT2D eigenvalue weighted by Crippen LogP contribution is 2.22.